The van der Waals surface area contributed by atoms with Crippen LogP contribution in [0.2, 0.25) is 6.04 Å². The Hall–Kier alpha value is -0.533. The van der Waals surface area contributed by atoms with Gasteiger partial charge in [0, 0.05) is 0 Å². The highest BCUT2D eigenvalue weighted by atomic mass is 35.6. The van der Waals surface area contributed by atoms with Crippen LogP contribution in [0.3, 0.4) is 0 Å². The lowest BCUT2D eigenvalue weighted by molar-refractivity contribution is 0.578. The van der Waals surface area contributed by atoms with Crippen molar-refractivity contribution in [2.75, 3.05) is 0 Å². The van der Waals surface area contributed by atoms with Crippen LogP contribution in [0.4, 0.5) is 0 Å². The summed E-state index contributed by atoms with van der Waals surface area (Å²) < 4.78 is 0. The van der Waals surface area contributed by atoms with E-state index in [1.807, 2.05) is 0 Å². The summed E-state index contributed by atoms with van der Waals surface area (Å²) in [5, 5.41) is 0. The van der Waals surface area contributed by atoms with E-state index in [-0.39, 0.29) is 0 Å². The van der Waals surface area contributed by atoms with Gasteiger partial charge in [-0.15, -0.1) is 0 Å². The van der Waals surface area contributed by atoms with Gasteiger partial charge in [0.25, 0.3) is 0 Å². The third-order valence-corrected chi connectivity index (χ3v) is 4.87. The summed E-state index contributed by atoms with van der Waals surface area (Å²) in [5.74, 6) is 1.46. The van der Waals surface area contributed by atoms with E-state index in [1.165, 1.54) is 44.1 Å². The largest absolute Gasteiger partial charge is 0.176 e. The Morgan fingerprint density at radius 2 is 1.74 bits per heavy atom. The van der Waals surface area contributed by atoms with Crippen molar-refractivity contribution in [2.45, 2.75) is 44.6 Å². The number of hydrogen-bond acceptors (Lipinski definition) is 0. The maximum atomic E-state index is 5.96. The molecule has 0 aromatic heterocycles. The van der Waals surface area contributed by atoms with E-state index in [0.29, 0.717) is 8.83 Å². The lowest BCUT2D eigenvalue weighted by Crippen LogP contribution is -2.01. The molecule has 0 saturated heterocycles. The molecule has 0 N–H and O–H groups in total. The Balaban J connectivity index is 1.94. The van der Waals surface area contributed by atoms with Crippen molar-refractivity contribution < 1.29 is 0 Å². The molecule has 0 aliphatic heterocycles. The summed E-state index contributed by atoms with van der Waals surface area (Å²) in [7, 11) is 0.499. The second-order valence-electron chi connectivity index (χ2n) is 5.50. The van der Waals surface area contributed by atoms with Crippen molar-refractivity contribution in [1.82, 2.24) is 0 Å². The third-order valence-electron chi connectivity index (χ3n) is 3.92. The third kappa shape index (κ3) is 5.54. The summed E-state index contributed by atoms with van der Waals surface area (Å²) in [6, 6.07) is 1.03. The van der Waals surface area contributed by atoms with Crippen molar-refractivity contribution in [3.63, 3.8) is 0 Å². The molecule has 0 nitrogen and oxygen atoms in total. The molecule has 2 heteroatoms. The molecule has 0 saturated carbocycles. The molecule has 0 amide bonds. The average Bonchev–Trinajstić information content (AvgIpc) is 2.47. The van der Waals surface area contributed by atoms with Crippen LogP contribution in [0.25, 0.3) is 0 Å². The molecule has 0 bridgehead atoms. The van der Waals surface area contributed by atoms with Crippen LogP contribution in [0.1, 0.15) is 38.5 Å². The van der Waals surface area contributed by atoms with Gasteiger partial charge >= 0.3 is 0 Å². The minimum Gasteiger partial charge on any atom is -0.171 e. The fourth-order valence-corrected chi connectivity index (χ4v) is 3.63. The fourth-order valence-electron chi connectivity index (χ4n) is 2.77. The Morgan fingerprint density at radius 3 is 2.32 bits per heavy atom. The van der Waals surface area contributed by atoms with Crippen molar-refractivity contribution in [3.05, 3.63) is 48.1 Å². The van der Waals surface area contributed by atoms with E-state index in [2.05, 4.69) is 42.5 Å². The van der Waals surface area contributed by atoms with Crippen LogP contribution in [-0.2, 0) is 0 Å². The van der Waals surface area contributed by atoms with E-state index in [0.717, 1.165) is 17.9 Å². The molecule has 0 aromatic rings. The van der Waals surface area contributed by atoms with Crippen molar-refractivity contribution in [2.24, 2.45) is 11.8 Å². The van der Waals surface area contributed by atoms with Gasteiger partial charge in [-0.1, -0.05) is 48.1 Å². The average molecular weight is 291 g/mol. The van der Waals surface area contributed by atoms with Crippen molar-refractivity contribution >= 4 is 19.9 Å². The summed E-state index contributed by atoms with van der Waals surface area (Å²) in [5.41, 5.74) is 1.45. The van der Waals surface area contributed by atoms with E-state index >= 15 is 0 Å². The molecule has 2 unspecified atom stereocenters. The minimum atomic E-state index is 0.499. The van der Waals surface area contributed by atoms with E-state index < -0.39 is 0 Å². The van der Waals surface area contributed by atoms with Crippen LogP contribution in [0.15, 0.2) is 48.1 Å². The molecule has 0 fully saturated rings. The van der Waals surface area contributed by atoms with Crippen molar-refractivity contribution in [3.8, 4) is 0 Å². The molecule has 2 rings (SSSR count). The topological polar surface area (TPSA) is 0 Å². The van der Waals surface area contributed by atoms with Gasteiger partial charge in [-0.25, -0.2) is 0 Å². The number of allylic oxidation sites excluding steroid dienone is 8. The summed E-state index contributed by atoms with van der Waals surface area (Å²) in [6.07, 6.45) is 23.9. The molecule has 2 radical (unpaired) electrons. The molecular formula is C17H23ClSi. The smallest absolute Gasteiger partial charge is 0.171 e. The number of rotatable bonds is 5. The van der Waals surface area contributed by atoms with Gasteiger partial charge in [0.2, 0.25) is 0 Å². The number of hydrogen-bond donors (Lipinski definition) is 0. The molecule has 2 aliphatic rings. The lowest BCUT2D eigenvalue weighted by Gasteiger charge is -2.16. The van der Waals surface area contributed by atoms with Crippen LogP contribution in [-0.4, -0.2) is 8.83 Å². The highest BCUT2D eigenvalue weighted by Gasteiger charge is 2.09. The normalized spacial score (nSPS) is 28.2. The van der Waals surface area contributed by atoms with Crippen LogP contribution >= 0.6 is 11.1 Å². The van der Waals surface area contributed by atoms with Gasteiger partial charge in [-0.3, -0.25) is 0 Å². The minimum absolute atomic E-state index is 0.499. The van der Waals surface area contributed by atoms with Gasteiger partial charge in [-0.05, 0) is 56.4 Å². The lowest BCUT2D eigenvalue weighted by atomic mass is 9.91. The SMILES string of the molecule is Cl[Si]CC(C=CC1CC=CCC1)=CC1CC=CCC1. The Labute approximate surface area is 124 Å². The molecule has 0 aromatic carbocycles. The van der Waals surface area contributed by atoms with Gasteiger partial charge < -0.3 is 0 Å². The van der Waals surface area contributed by atoms with Crippen LogP contribution in [0, 0.1) is 11.8 Å². The van der Waals surface area contributed by atoms with Gasteiger partial charge in [0.05, 0.1) is 0 Å². The Bertz CT molecular complexity index is 379. The first-order valence-corrected chi connectivity index (χ1v) is 9.63. The Kier molecular flexibility index (Phi) is 6.73. The summed E-state index contributed by atoms with van der Waals surface area (Å²) in [6.45, 7) is 0. The first-order chi connectivity index (χ1) is 9.38. The highest BCUT2D eigenvalue weighted by Crippen LogP contribution is 2.24. The van der Waals surface area contributed by atoms with Crippen LogP contribution in [0.5, 0.6) is 0 Å². The number of halogens is 1. The molecule has 19 heavy (non-hydrogen) atoms. The predicted molar refractivity (Wildman–Crippen MR) is 86.6 cm³/mol. The standard InChI is InChI=1S/C17H23ClSi/c18-19-14-17(13-16-9-5-2-6-10-16)12-11-15-7-3-1-4-8-15/h1-3,5,11-13,15-16H,4,6-10,14H2. The monoisotopic (exact) mass is 290 g/mol. The first-order valence-electron chi connectivity index (χ1n) is 7.41. The Morgan fingerprint density at radius 1 is 1.05 bits per heavy atom. The quantitative estimate of drug-likeness (QED) is 0.273. The zero-order valence-corrected chi connectivity index (χ0v) is 13.3. The predicted octanol–water partition coefficient (Wildman–Crippen LogP) is 5.46. The summed E-state index contributed by atoms with van der Waals surface area (Å²) >= 11 is 5.96. The molecule has 2 aliphatic carbocycles. The van der Waals surface area contributed by atoms with Gasteiger partial charge in [0.15, 0.2) is 8.83 Å². The van der Waals surface area contributed by atoms with E-state index in [1.54, 1.807) is 0 Å². The molecule has 0 spiro atoms. The van der Waals surface area contributed by atoms with Crippen molar-refractivity contribution in [1.29, 1.82) is 0 Å². The molecule has 0 heterocycles. The van der Waals surface area contributed by atoms with Crippen LogP contribution < -0.4 is 0 Å². The first kappa shape index (κ1) is 14.9. The fraction of sp³-hybridized carbons (Fsp3) is 0.529. The highest BCUT2D eigenvalue weighted by molar-refractivity contribution is 6.94. The van der Waals surface area contributed by atoms with Gasteiger partial charge in [0.1, 0.15) is 0 Å². The maximum Gasteiger partial charge on any atom is 0.176 e. The maximum absolute atomic E-state index is 5.96. The second kappa shape index (κ2) is 8.60. The zero-order valence-electron chi connectivity index (χ0n) is 11.5. The molecule has 2 atom stereocenters. The molecular weight excluding hydrogens is 268 g/mol. The second-order valence-corrected chi connectivity index (χ2v) is 6.92. The summed E-state index contributed by atoms with van der Waals surface area (Å²) in [4.78, 5) is 0. The zero-order chi connectivity index (χ0) is 13.3. The molecule has 102 valence electrons. The van der Waals surface area contributed by atoms with E-state index in [4.69, 9.17) is 11.1 Å². The van der Waals surface area contributed by atoms with Gasteiger partial charge in [-0.2, -0.15) is 11.1 Å². The van der Waals surface area contributed by atoms with E-state index in [9.17, 15) is 0 Å².